The van der Waals surface area contributed by atoms with Crippen molar-refractivity contribution in [3.63, 3.8) is 0 Å². The van der Waals surface area contributed by atoms with Gasteiger partial charge >= 0.3 is 6.09 Å². The van der Waals surface area contributed by atoms with Crippen LogP contribution in [0.2, 0.25) is 0 Å². The van der Waals surface area contributed by atoms with Crippen LogP contribution in [0.1, 0.15) is 67.2 Å². The molecule has 0 radical (unpaired) electrons. The Hall–Kier alpha value is -3.64. The van der Waals surface area contributed by atoms with Gasteiger partial charge in [0.15, 0.2) is 0 Å². The van der Waals surface area contributed by atoms with Crippen molar-refractivity contribution >= 4 is 12.0 Å². The molecular formula is C33H38N2O4. The van der Waals surface area contributed by atoms with E-state index in [4.69, 9.17) is 9.47 Å². The number of carbonyl (C=O) groups is 2. The average molecular weight is 527 g/mol. The number of ether oxygens (including phenoxy) is 2. The Balaban J connectivity index is 1.25. The molecule has 2 aliphatic carbocycles. The number of nitrogens with one attached hydrogen (secondary N) is 1. The van der Waals surface area contributed by atoms with E-state index >= 15 is 0 Å². The first-order chi connectivity index (χ1) is 19.1. The van der Waals surface area contributed by atoms with Crippen molar-refractivity contribution in [2.45, 2.75) is 63.1 Å². The lowest BCUT2D eigenvalue weighted by Gasteiger charge is -2.32. The maximum absolute atomic E-state index is 13.5. The molecule has 3 aromatic rings. The van der Waals surface area contributed by atoms with E-state index in [1.54, 1.807) is 19.2 Å². The number of rotatable bonds is 10. The first kappa shape index (κ1) is 26.9. The quantitative estimate of drug-likeness (QED) is 0.322. The van der Waals surface area contributed by atoms with Crippen LogP contribution in [0.4, 0.5) is 4.79 Å². The summed E-state index contributed by atoms with van der Waals surface area (Å²) in [4.78, 5) is 28.3. The van der Waals surface area contributed by atoms with Gasteiger partial charge in [0, 0.05) is 25.6 Å². The normalized spacial score (nSPS) is 19.6. The first-order valence-electron chi connectivity index (χ1n) is 14.1. The van der Waals surface area contributed by atoms with Crippen LogP contribution >= 0.6 is 0 Å². The van der Waals surface area contributed by atoms with E-state index in [2.05, 4.69) is 29.6 Å². The summed E-state index contributed by atoms with van der Waals surface area (Å²) >= 11 is 0. The number of carbonyl (C=O) groups excluding carboxylic acids is 2. The lowest BCUT2D eigenvalue weighted by molar-refractivity contribution is -0.127. The highest BCUT2D eigenvalue weighted by Gasteiger charge is 2.35. The van der Waals surface area contributed by atoms with Crippen molar-refractivity contribution < 1.29 is 19.1 Å². The Morgan fingerprint density at radius 2 is 1.54 bits per heavy atom. The lowest BCUT2D eigenvalue weighted by Crippen LogP contribution is -2.39. The van der Waals surface area contributed by atoms with Gasteiger partial charge in [-0.15, -0.1) is 0 Å². The molecule has 1 N–H and O–H groups in total. The maximum Gasteiger partial charge on any atom is 0.415 e. The third-order valence-electron chi connectivity index (χ3n) is 7.89. The van der Waals surface area contributed by atoms with E-state index in [1.807, 2.05) is 53.4 Å². The molecular weight excluding hydrogens is 488 g/mol. The minimum atomic E-state index is -0.305. The van der Waals surface area contributed by atoms with Crippen LogP contribution in [0.15, 0.2) is 84.9 Å². The van der Waals surface area contributed by atoms with Gasteiger partial charge in [-0.2, -0.15) is 0 Å². The Kier molecular flexibility index (Phi) is 8.94. The summed E-state index contributed by atoms with van der Waals surface area (Å²) < 4.78 is 11.0. The van der Waals surface area contributed by atoms with Crippen molar-refractivity contribution in [2.75, 3.05) is 13.7 Å². The summed E-state index contributed by atoms with van der Waals surface area (Å²) in [5.74, 6) is 0.759. The summed E-state index contributed by atoms with van der Waals surface area (Å²) in [6.07, 6.45) is 5.77. The smallest absolute Gasteiger partial charge is 0.410 e. The summed E-state index contributed by atoms with van der Waals surface area (Å²) in [5, 5.41) is 3.27. The van der Waals surface area contributed by atoms with E-state index < -0.39 is 0 Å². The molecule has 0 bridgehead atoms. The molecule has 2 aliphatic rings. The molecule has 5 rings (SSSR count). The van der Waals surface area contributed by atoms with Crippen molar-refractivity contribution in [1.82, 2.24) is 10.2 Å². The highest BCUT2D eigenvalue weighted by Crippen LogP contribution is 2.39. The van der Waals surface area contributed by atoms with E-state index in [1.165, 1.54) is 5.56 Å². The fourth-order valence-corrected chi connectivity index (χ4v) is 5.64. The van der Waals surface area contributed by atoms with Crippen LogP contribution in [0.5, 0.6) is 5.75 Å². The molecule has 6 nitrogen and oxygen atoms in total. The zero-order valence-corrected chi connectivity index (χ0v) is 22.6. The number of benzene rings is 3. The molecule has 3 atom stereocenters. The van der Waals surface area contributed by atoms with Crippen molar-refractivity contribution in [3.8, 4) is 5.75 Å². The minimum Gasteiger partial charge on any atom is -0.410 e. The Bertz CT molecular complexity index is 1210. The predicted molar refractivity (Wildman–Crippen MR) is 151 cm³/mol. The van der Waals surface area contributed by atoms with Crippen LogP contribution in [0.3, 0.4) is 0 Å². The molecule has 6 heteroatoms. The molecule has 0 aromatic heterocycles. The number of nitrogens with zero attached hydrogens (tertiary/aromatic N) is 1. The fraction of sp³-hybridized carbons (Fsp3) is 0.394. The molecule has 0 heterocycles. The lowest BCUT2D eigenvalue weighted by atomic mass is 9.74. The molecule has 2 amide bonds. The van der Waals surface area contributed by atoms with Crippen LogP contribution in [-0.2, 0) is 16.1 Å². The van der Waals surface area contributed by atoms with Gasteiger partial charge in [0.1, 0.15) is 5.75 Å². The summed E-state index contributed by atoms with van der Waals surface area (Å²) in [6.45, 7) is 0.951. The zero-order valence-electron chi connectivity index (χ0n) is 22.6. The van der Waals surface area contributed by atoms with Crippen molar-refractivity contribution in [1.29, 1.82) is 0 Å². The van der Waals surface area contributed by atoms with Gasteiger partial charge in [-0.3, -0.25) is 4.79 Å². The number of methoxy groups -OCH3 is 1. The van der Waals surface area contributed by atoms with Crippen molar-refractivity contribution in [2.24, 2.45) is 5.92 Å². The number of para-hydroxylation sites is 1. The SMILES string of the molecule is COCC(NC(=O)[C@H]1CCCC[C@@H]1c1ccc(CN(C(=O)Oc2ccccc2)C2CC2)cc1)c1ccccc1. The second-order valence-electron chi connectivity index (χ2n) is 10.7. The minimum absolute atomic E-state index is 0.0727. The van der Waals surface area contributed by atoms with E-state index in [9.17, 15) is 9.59 Å². The maximum atomic E-state index is 13.5. The van der Waals surface area contributed by atoms with Crippen LogP contribution < -0.4 is 10.1 Å². The van der Waals surface area contributed by atoms with Crippen LogP contribution in [-0.4, -0.2) is 36.7 Å². The first-order valence-corrected chi connectivity index (χ1v) is 14.1. The average Bonchev–Trinajstić information content (AvgIpc) is 3.82. The molecule has 3 aromatic carbocycles. The number of hydrogen-bond donors (Lipinski definition) is 1. The highest BCUT2D eigenvalue weighted by molar-refractivity contribution is 5.80. The Morgan fingerprint density at radius 1 is 0.872 bits per heavy atom. The molecule has 204 valence electrons. The van der Waals surface area contributed by atoms with Gasteiger partial charge in [0.05, 0.1) is 12.6 Å². The predicted octanol–water partition coefficient (Wildman–Crippen LogP) is 6.63. The van der Waals surface area contributed by atoms with Gasteiger partial charge < -0.3 is 19.7 Å². The molecule has 39 heavy (non-hydrogen) atoms. The Morgan fingerprint density at radius 3 is 2.21 bits per heavy atom. The molecule has 1 unspecified atom stereocenters. The summed E-state index contributed by atoms with van der Waals surface area (Å²) in [5.41, 5.74) is 3.30. The fourth-order valence-electron chi connectivity index (χ4n) is 5.64. The summed E-state index contributed by atoms with van der Waals surface area (Å²) in [7, 11) is 1.67. The Labute approximate surface area is 231 Å². The molecule has 0 spiro atoms. The second-order valence-corrected chi connectivity index (χ2v) is 10.7. The number of hydrogen-bond acceptors (Lipinski definition) is 4. The third-order valence-corrected chi connectivity index (χ3v) is 7.89. The van der Waals surface area contributed by atoms with Crippen LogP contribution in [0.25, 0.3) is 0 Å². The number of amides is 2. The topological polar surface area (TPSA) is 67.9 Å². The van der Waals surface area contributed by atoms with Crippen LogP contribution in [0, 0.1) is 5.92 Å². The standard InChI is InChI=1S/C33H38N2O4/c1-38-23-31(26-10-4-2-5-11-26)34-32(36)30-15-9-8-14-29(30)25-18-16-24(17-19-25)22-35(27-20-21-27)33(37)39-28-12-6-3-7-13-28/h2-7,10-13,16-19,27,29-31H,8-9,14-15,20-23H2,1H3,(H,34,36)/t29-,30+,31?/m1/s1. The molecule has 0 aliphatic heterocycles. The molecule has 0 saturated heterocycles. The van der Waals surface area contributed by atoms with Gasteiger partial charge in [0.2, 0.25) is 5.91 Å². The molecule has 2 fully saturated rings. The monoisotopic (exact) mass is 526 g/mol. The third kappa shape index (κ3) is 7.07. The van der Waals surface area contributed by atoms with E-state index in [0.717, 1.165) is 49.7 Å². The zero-order chi connectivity index (χ0) is 27.0. The van der Waals surface area contributed by atoms with E-state index in [-0.39, 0.29) is 35.9 Å². The second kappa shape index (κ2) is 12.9. The van der Waals surface area contributed by atoms with Crippen molar-refractivity contribution in [3.05, 3.63) is 102 Å². The van der Waals surface area contributed by atoms with Gasteiger partial charge in [-0.05, 0) is 60.4 Å². The van der Waals surface area contributed by atoms with Gasteiger partial charge in [-0.1, -0.05) is 85.6 Å². The summed E-state index contributed by atoms with van der Waals surface area (Å²) in [6, 6.07) is 27.8. The van der Waals surface area contributed by atoms with Gasteiger partial charge in [0.25, 0.3) is 0 Å². The van der Waals surface area contributed by atoms with E-state index in [0.29, 0.717) is 18.9 Å². The molecule has 2 saturated carbocycles. The van der Waals surface area contributed by atoms with Gasteiger partial charge in [-0.25, -0.2) is 4.79 Å². The largest absolute Gasteiger partial charge is 0.415 e. The highest BCUT2D eigenvalue weighted by atomic mass is 16.6.